The van der Waals surface area contributed by atoms with Crippen molar-refractivity contribution in [2.24, 2.45) is 0 Å². The zero-order valence-electron chi connectivity index (χ0n) is 9.12. The molecule has 1 aromatic heterocycles. The third kappa shape index (κ3) is 5.71. The molecule has 0 radical (unpaired) electrons. The summed E-state index contributed by atoms with van der Waals surface area (Å²) in [6.45, 7) is 2.68. The van der Waals surface area contributed by atoms with Gasteiger partial charge in [-0.3, -0.25) is 0 Å². The minimum absolute atomic E-state index is 0.727. The summed E-state index contributed by atoms with van der Waals surface area (Å²) in [6, 6.07) is 4.14. The van der Waals surface area contributed by atoms with Crippen LogP contribution in [0.25, 0.3) is 0 Å². The van der Waals surface area contributed by atoms with E-state index in [0.717, 1.165) is 24.7 Å². The molecule has 1 heterocycles. The molecule has 0 unspecified atom stereocenters. The summed E-state index contributed by atoms with van der Waals surface area (Å²) in [6.07, 6.45) is 0. The summed E-state index contributed by atoms with van der Waals surface area (Å²) < 4.78 is 0. The van der Waals surface area contributed by atoms with E-state index < -0.39 is 0 Å². The van der Waals surface area contributed by atoms with E-state index in [1.54, 1.807) is 11.3 Å². The Hall–Kier alpha value is -0.650. The SMILES string of the molecule is CN(C)CCNC(=S)NCc1cccs1. The van der Waals surface area contributed by atoms with Crippen LogP contribution < -0.4 is 10.6 Å². The number of nitrogens with zero attached hydrogens (tertiary/aromatic N) is 1. The molecular formula is C10H17N3S2. The fourth-order valence-electron chi connectivity index (χ4n) is 1.04. The highest BCUT2D eigenvalue weighted by Gasteiger charge is 1.97. The lowest BCUT2D eigenvalue weighted by molar-refractivity contribution is 0.412. The molecule has 0 fully saturated rings. The number of thiocarbonyl (C=S) groups is 1. The molecule has 0 aliphatic heterocycles. The van der Waals surface area contributed by atoms with Crippen molar-refractivity contribution in [3.05, 3.63) is 22.4 Å². The zero-order chi connectivity index (χ0) is 11.1. The second-order valence-corrected chi connectivity index (χ2v) is 4.93. The van der Waals surface area contributed by atoms with Gasteiger partial charge in [0, 0.05) is 18.0 Å². The Morgan fingerprint density at radius 1 is 1.47 bits per heavy atom. The van der Waals surface area contributed by atoms with Crippen LogP contribution >= 0.6 is 23.6 Å². The summed E-state index contributed by atoms with van der Waals surface area (Å²) in [7, 11) is 4.09. The van der Waals surface area contributed by atoms with E-state index in [1.165, 1.54) is 4.88 Å². The highest BCUT2D eigenvalue weighted by Crippen LogP contribution is 2.06. The fourth-order valence-corrected chi connectivity index (χ4v) is 1.85. The molecular weight excluding hydrogens is 226 g/mol. The number of hydrogen-bond acceptors (Lipinski definition) is 3. The van der Waals surface area contributed by atoms with Gasteiger partial charge in [-0.15, -0.1) is 11.3 Å². The Morgan fingerprint density at radius 2 is 2.27 bits per heavy atom. The topological polar surface area (TPSA) is 27.3 Å². The van der Waals surface area contributed by atoms with Gasteiger partial charge in [0.25, 0.3) is 0 Å². The van der Waals surface area contributed by atoms with Gasteiger partial charge in [-0.05, 0) is 37.8 Å². The van der Waals surface area contributed by atoms with Crippen LogP contribution in [0.15, 0.2) is 17.5 Å². The normalized spacial score (nSPS) is 10.3. The van der Waals surface area contributed by atoms with Gasteiger partial charge in [-0.1, -0.05) is 6.07 Å². The number of nitrogens with one attached hydrogen (secondary N) is 2. The molecule has 0 aliphatic carbocycles. The van der Waals surface area contributed by atoms with Gasteiger partial charge in [0.2, 0.25) is 0 Å². The van der Waals surface area contributed by atoms with Gasteiger partial charge in [0.1, 0.15) is 0 Å². The third-order valence-corrected chi connectivity index (χ3v) is 3.01. The van der Waals surface area contributed by atoms with Crippen molar-refractivity contribution in [2.45, 2.75) is 6.54 Å². The van der Waals surface area contributed by atoms with Crippen LogP contribution in [0.2, 0.25) is 0 Å². The highest BCUT2D eigenvalue weighted by molar-refractivity contribution is 7.80. The number of rotatable bonds is 5. The molecule has 0 saturated heterocycles. The maximum absolute atomic E-state index is 5.14. The van der Waals surface area contributed by atoms with Crippen molar-refractivity contribution in [1.82, 2.24) is 15.5 Å². The molecule has 0 atom stereocenters. The Balaban J connectivity index is 2.09. The highest BCUT2D eigenvalue weighted by atomic mass is 32.1. The first-order chi connectivity index (χ1) is 7.18. The average Bonchev–Trinajstić information content (AvgIpc) is 2.66. The third-order valence-electron chi connectivity index (χ3n) is 1.85. The van der Waals surface area contributed by atoms with Crippen molar-refractivity contribution in [3.8, 4) is 0 Å². The van der Waals surface area contributed by atoms with Crippen LogP contribution in [0.5, 0.6) is 0 Å². The summed E-state index contributed by atoms with van der Waals surface area (Å²) in [5.41, 5.74) is 0. The maximum Gasteiger partial charge on any atom is 0.166 e. The fraction of sp³-hybridized carbons (Fsp3) is 0.500. The lowest BCUT2D eigenvalue weighted by Gasteiger charge is -2.12. The van der Waals surface area contributed by atoms with Crippen molar-refractivity contribution in [3.63, 3.8) is 0 Å². The molecule has 84 valence electrons. The smallest absolute Gasteiger partial charge is 0.166 e. The molecule has 15 heavy (non-hydrogen) atoms. The second-order valence-electron chi connectivity index (χ2n) is 3.49. The molecule has 1 rings (SSSR count). The molecule has 0 aliphatic rings. The van der Waals surface area contributed by atoms with Crippen LogP contribution in [0.3, 0.4) is 0 Å². The molecule has 5 heteroatoms. The van der Waals surface area contributed by atoms with E-state index in [9.17, 15) is 0 Å². The van der Waals surface area contributed by atoms with Gasteiger partial charge in [0.15, 0.2) is 5.11 Å². The van der Waals surface area contributed by atoms with Gasteiger partial charge >= 0.3 is 0 Å². The Bertz CT molecular complexity index is 283. The molecule has 0 bridgehead atoms. The maximum atomic E-state index is 5.14. The van der Waals surface area contributed by atoms with Crippen molar-refractivity contribution in [1.29, 1.82) is 0 Å². The Labute approximate surface area is 100 Å². The van der Waals surface area contributed by atoms with Crippen molar-refractivity contribution in [2.75, 3.05) is 27.2 Å². The molecule has 0 saturated carbocycles. The molecule has 1 aromatic rings. The van der Waals surface area contributed by atoms with E-state index in [0.29, 0.717) is 0 Å². The quantitative estimate of drug-likeness (QED) is 0.762. The summed E-state index contributed by atoms with van der Waals surface area (Å²) in [4.78, 5) is 3.42. The molecule has 0 amide bonds. The molecule has 0 aromatic carbocycles. The number of thiophene rings is 1. The largest absolute Gasteiger partial charge is 0.361 e. The van der Waals surface area contributed by atoms with Crippen LogP contribution in [0, 0.1) is 0 Å². The summed E-state index contributed by atoms with van der Waals surface area (Å²) in [5, 5.41) is 9.13. The predicted octanol–water partition coefficient (Wildman–Crippen LogP) is 1.27. The van der Waals surface area contributed by atoms with Crippen LogP contribution in [-0.2, 0) is 6.54 Å². The first kappa shape index (κ1) is 12.4. The number of likely N-dealkylation sites (N-methyl/N-ethyl adjacent to an activating group) is 1. The average molecular weight is 243 g/mol. The predicted molar refractivity (Wildman–Crippen MR) is 70.3 cm³/mol. The second kappa shape index (κ2) is 6.76. The van der Waals surface area contributed by atoms with Gasteiger partial charge in [0.05, 0.1) is 6.54 Å². The minimum Gasteiger partial charge on any atom is -0.361 e. The zero-order valence-corrected chi connectivity index (χ0v) is 10.8. The van der Waals surface area contributed by atoms with E-state index in [-0.39, 0.29) is 0 Å². The van der Waals surface area contributed by atoms with Crippen molar-refractivity contribution >= 4 is 28.7 Å². The summed E-state index contributed by atoms with van der Waals surface area (Å²) >= 11 is 6.88. The standard InChI is InChI=1S/C10H17N3S2/c1-13(2)6-5-11-10(14)12-8-9-4-3-7-15-9/h3-4,7H,5-6,8H2,1-2H3,(H2,11,12,14). The number of hydrogen-bond donors (Lipinski definition) is 2. The van der Waals surface area contributed by atoms with E-state index in [1.807, 2.05) is 20.2 Å². The van der Waals surface area contributed by atoms with Crippen LogP contribution in [0.1, 0.15) is 4.88 Å². The monoisotopic (exact) mass is 243 g/mol. The minimum atomic E-state index is 0.727. The summed E-state index contributed by atoms with van der Waals surface area (Å²) in [5.74, 6) is 0. The first-order valence-corrected chi connectivity index (χ1v) is 6.16. The van der Waals surface area contributed by atoms with Crippen molar-refractivity contribution < 1.29 is 0 Å². The molecule has 3 nitrogen and oxygen atoms in total. The van der Waals surface area contributed by atoms with Gasteiger partial charge < -0.3 is 15.5 Å². The molecule has 2 N–H and O–H groups in total. The first-order valence-electron chi connectivity index (χ1n) is 4.87. The van der Waals surface area contributed by atoms with Crippen LogP contribution in [-0.4, -0.2) is 37.2 Å². The Kier molecular flexibility index (Phi) is 5.60. The van der Waals surface area contributed by atoms with Crippen LogP contribution in [0.4, 0.5) is 0 Å². The van der Waals surface area contributed by atoms with E-state index in [2.05, 4.69) is 27.0 Å². The lowest BCUT2D eigenvalue weighted by Crippen LogP contribution is -2.38. The lowest BCUT2D eigenvalue weighted by atomic mass is 10.5. The van der Waals surface area contributed by atoms with Gasteiger partial charge in [-0.2, -0.15) is 0 Å². The van der Waals surface area contributed by atoms with E-state index >= 15 is 0 Å². The molecule has 0 spiro atoms. The Morgan fingerprint density at radius 3 is 2.87 bits per heavy atom. The van der Waals surface area contributed by atoms with E-state index in [4.69, 9.17) is 12.2 Å². The van der Waals surface area contributed by atoms with Gasteiger partial charge in [-0.25, -0.2) is 0 Å².